The lowest BCUT2D eigenvalue weighted by atomic mass is 10.2. The molecular weight excluding hydrogens is 290 g/mol. The van der Waals surface area contributed by atoms with E-state index in [1.807, 2.05) is 37.3 Å². The molecule has 1 amide bonds. The zero-order chi connectivity index (χ0) is 16.7. The molecule has 2 aromatic rings. The van der Waals surface area contributed by atoms with Gasteiger partial charge in [0.2, 0.25) is 0 Å². The van der Waals surface area contributed by atoms with Crippen molar-refractivity contribution in [2.45, 2.75) is 20.8 Å². The van der Waals surface area contributed by atoms with Crippen LogP contribution in [0.25, 0.3) is 0 Å². The number of ether oxygens (including phenoxy) is 1. The third kappa shape index (κ3) is 4.45. The fourth-order valence-electron chi connectivity index (χ4n) is 2.26. The average molecular weight is 313 g/mol. The van der Waals surface area contributed by atoms with Crippen molar-refractivity contribution in [2.24, 2.45) is 0 Å². The van der Waals surface area contributed by atoms with Gasteiger partial charge >= 0.3 is 0 Å². The van der Waals surface area contributed by atoms with Crippen LogP contribution in [-0.4, -0.2) is 30.6 Å². The lowest BCUT2D eigenvalue weighted by molar-refractivity contribution is 0.102. The number of carbonyl (C=O) groups excluding carboxylic acids is 1. The molecule has 0 atom stereocenters. The Morgan fingerprint density at radius 2 is 1.78 bits per heavy atom. The van der Waals surface area contributed by atoms with Crippen LogP contribution in [0, 0.1) is 0 Å². The zero-order valence-corrected chi connectivity index (χ0v) is 13.9. The molecule has 0 spiro atoms. The number of hydrogen-bond acceptors (Lipinski definition) is 4. The molecule has 1 N–H and O–H groups in total. The SMILES string of the molecule is CCOc1ccc(NC(=O)c2ccc(N(CC)CC)nc2)cc1. The number of hydrogen-bond donors (Lipinski definition) is 1. The largest absolute Gasteiger partial charge is 0.494 e. The van der Waals surface area contributed by atoms with Crippen LogP contribution >= 0.6 is 0 Å². The molecule has 0 aliphatic heterocycles. The molecule has 0 fully saturated rings. The van der Waals surface area contributed by atoms with Gasteiger partial charge in [-0.1, -0.05) is 0 Å². The van der Waals surface area contributed by atoms with E-state index >= 15 is 0 Å². The smallest absolute Gasteiger partial charge is 0.257 e. The van der Waals surface area contributed by atoms with Crippen LogP contribution in [0.5, 0.6) is 5.75 Å². The summed E-state index contributed by atoms with van der Waals surface area (Å²) in [7, 11) is 0. The Morgan fingerprint density at radius 3 is 2.30 bits per heavy atom. The monoisotopic (exact) mass is 313 g/mol. The number of nitrogens with one attached hydrogen (secondary N) is 1. The highest BCUT2D eigenvalue weighted by molar-refractivity contribution is 6.04. The zero-order valence-electron chi connectivity index (χ0n) is 13.9. The number of pyridine rings is 1. The molecule has 0 radical (unpaired) electrons. The van der Waals surface area contributed by atoms with Crippen molar-refractivity contribution >= 4 is 17.4 Å². The fraction of sp³-hybridized carbons (Fsp3) is 0.333. The summed E-state index contributed by atoms with van der Waals surface area (Å²) in [4.78, 5) is 18.7. The maximum Gasteiger partial charge on any atom is 0.257 e. The minimum atomic E-state index is -0.173. The highest BCUT2D eigenvalue weighted by atomic mass is 16.5. The first-order valence-electron chi connectivity index (χ1n) is 7.93. The fourth-order valence-corrected chi connectivity index (χ4v) is 2.26. The van der Waals surface area contributed by atoms with Gasteiger partial charge in [-0.25, -0.2) is 4.98 Å². The topological polar surface area (TPSA) is 54.5 Å². The normalized spacial score (nSPS) is 10.2. The van der Waals surface area contributed by atoms with E-state index in [9.17, 15) is 4.79 Å². The number of amides is 1. The molecule has 1 aromatic carbocycles. The maximum atomic E-state index is 12.2. The minimum absolute atomic E-state index is 0.173. The average Bonchev–Trinajstić information content (AvgIpc) is 2.58. The van der Waals surface area contributed by atoms with Crippen molar-refractivity contribution in [1.82, 2.24) is 4.98 Å². The lowest BCUT2D eigenvalue weighted by Gasteiger charge is -2.19. The Balaban J connectivity index is 2.02. The van der Waals surface area contributed by atoms with Crippen LogP contribution in [0.4, 0.5) is 11.5 Å². The van der Waals surface area contributed by atoms with Crippen molar-refractivity contribution in [1.29, 1.82) is 0 Å². The van der Waals surface area contributed by atoms with Crippen LogP contribution in [-0.2, 0) is 0 Å². The summed E-state index contributed by atoms with van der Waals surface area (Å²) in [6.45, 7) is 8.50. The van der Waals surface area contributed by atoms with E-state index in [1.165, 1.54) is 0 Å². The van der Waals surface area contributed by atoms with E-state index in [-0.39, 0.29) is 5.91 Å². The van der Waals surface area contributed by atoms with Crippen molar-refractivity contribution in [2.75, 3.05) is 29.9 Å². The van der Waals surface area contributed by atoms with Gasteiger partial charge in [0, 0.05) is 25.0 Å². The summed E-state index contributed by atoms with van der Waals surface area (Å²) in [5.41, 5.74) is 1.26. The summed E-state index contributed by atoms with van der Waals surface area (Å²) in [5, 5.41) is 2.86. The Labute approximate surface area is 137 Å². The number of carbonyl (C=O) groups is 1. The van der Waals surface area contributed by atoms with Gasteiger partial charge in [0.15, 0.2) is 0 Å². The third-order valence-corrected chi connectivity index (χ3v) is 3.52. The van der Waals surface area contributed by atoms with E-state index in [0.717, 1.165) is 30.3 Å². The minimum Gasteiger partial charge on any atom is -0.494 e. The highest BCUT2D eigenvalue weighted by Gasteiger charge is 2.09. The van der Waals surface area contributed by atoms with Crippen LogP contribution < -0.4 is 15.0 Å². The first kappa shape index (κ1) is 16.8. The van der Waals surface area contributed by atoms with E-state index in [2.05, 4.69) is 29.0 Å². The number of aromatic nitrogens is 1. The standard InChI is InChI=1S/C18H23N3O2/c1-4-21(5-2)17-12-7-14(13-19-17)18(22)20-15-8-10-16(11-9-15)23-6-3/h7-13H,4-6H2,1-3H3,(H,20,22). The van der Waals surface area contributed by atoms with Gasteiger partial charge in [-0.05, 0) is 57.2 Å². The molecule has 1 aromatic heterocycles. The van der Waals surface area contributed by atoms with Crippen LogP contribution in [0.3, 0.4) is 0 Å². The van der Waals surface area contributed by atoms with Gasteiger partial charge in [0.1, 0.15) is 11.6 Å². The van der Waals surface area contributed by atoms with E-state index in [1.54, 1.807) is 12.3 Å². The summed E-state index contributed by atoms with van der Waals surface area (Å²) >= 11 is 0. The maximum absolute atomic E-state index is 12.2. The Hall–Kier alpha value is -2.56. The van der Waals surface area contributed by atoms with Crippen LogP contribution in [0.1, 0.15) is 31.1 Å². The van der Waals surface area contributed by atoms with Gasteiger partial charge in [-0.3, -0.25) is 4.79 Å². The number of benzene rings is 1. The quantitative estimate of drug-likeness (QED) is 0.849. The van der Waals surface area contributed by atoms with Gasteiger partial charge in [0.05, 0.1) is 12.2 Å². The highest BCUT2D eigenvalue weighted by Crippen LogP contribution is 2.17. The van der Waals surface area contributed by atoms with E-state index in [0.29, 0.717) is 12.2 Å². The summed E-state index contributed by atoms with van der Waals surface area (Å²) in [5.74, 6) is 1.50. The molecular formula is C18H23N3O2. The Kier molecular flexibility index (Phi) is 5.97. The van der Waals surface area contributed by atoms with Crippen LogP contribution in [0.15, 0.2) is 42.6 Å². The molecule has 1 heterocycles. The van der Waals surface area contributed by atoms with Gasteiger partial charge in [-0.15, -0.1) is 0 Å². The summed E-state index contributed by atoms with van der Waals surface area (Å²) in [6, 6.07) is 11.0. The number of rotatable bonds is 7. The molecule has 0 aliphatic carbocycles. The summed E-state index contributed by atoms with van der Waals surface area (Å²) in [6.07, 6.45) is 1.61. The van der Waals surface area contributed by atoms with Gasteiger partial charge < -0.3 is 15.0 Å². The van der Waals surface area contributed by atoms with Crippen molar-refractivity contribution in [3.05, 3.63) is 48.2 Å². The molecule has 0 saturated heterocycles. The van der Waals surface area contributed by atoms with E-state index in [4.69, 9.17) is 4.74 Å². The Morgan fingerprint density at radius 1 is 1.09 bits per heavy atom. The second-order valence-electron chi connectivity index (χ2n) is 4.99. The van der Waals surface area contributed by atoms with Crippen molar-refractivity contribution < 1.29 is 9.53 Å². The molecule has 2 rings (SSSR count). The Bertz CT molecular complexity index is 620. The molecule has 23 heavy (non-hydrogen) atoms. The predicted octanol–water partition coefficient (Wildman–Crippen LogP) is 3.58. The van der Waals surface area contributed by atoms with Crippen molar-refractivity contribution in [3.63, 3.8) is 0 Å². The first-order chi connectivity index (χ1) is 11.2. The number of anilines is 2. The van der Waals surface area contributed by atoms with Gasteiger partial charge in [-0.2, -0.15) is 0 Å². The lowest BCUT2D eigenvalue weighted by Crippen LogP contribution is -2.23. The third-order valence-electron chi connectivity index (χ3n) is 3.52. The predicted molar refractivity (Wildman–Crippen MR) is 93.4 cm³/mol. The van der Waals surface area contributed by atoms with Gasteiger partial charge in [0.25, 0.3) is 5.91 Å². The molecule has 5 nitrogen and oxygen atoms in total. The number of nitrogens with zero attached hydrogens (tertiary/aromatic N) is 2. The molecule has 0 aliphatic rings. The molecule has 0 bridgehead atoms. The van der Waals surface area contributed by atoms with Crippen molar-refractivity contribution in [3.8, 4) is 5.75 Å². The first-order valence-corrected chi connectivity index (χ1v) is 7.93. The van der Waals surface area contributed by atoms with E-state index < -0.39 is 0 Å². The molecule has 5 heteroatoms. The second-order valence-corrected chi connectivity index (χ2v) is 4.99. The molecule has 0 unspecified atom stereocenters. The van der Waals surface area contributed by atoms with Crippen LogP contribution in [0.2, 0.25) is 0 Å². The molecule has 122 valence electrons. The summed E-state index contributed by atoms with van der Waals surface area (Å²) < 4.78 is 5.38. The second kappa shape index (κ2) is 8.17. The molecule has 0 saturated carbocycles.